The van der Waals surface area contributed by atoms with Gasteiger partial charge in [-0.2, -0.15) is 0 Å². The standard InChI is InChI=1S/C20H27N3O4S/c1-19(2,3)20(16(24)25)10-7-11-21(20)12-13-23-17(26)22(18(27)28-23)14-15-8-5-4-6-9-15/h4-6,8-9H,7,10-14H2,1-3H3,(H,24,25)/t20-/m0/s1. The van der Waals surface area contributed by atoms with Gasteiger partial charge in [0.2, 0.25) is 0 Å². The Morgan fingerprint density at radius 2 is 1.86 bits per heavy atom. The molecule has 1 aliphatic rings. The summed E-state index contributed by atoms with van der Waals surface area (Å²) in [5.41, 5.74) is -0.834. The van der Waals surface area contributed by atoms with Gasteiger partial charge in [0.05, 0.1) is 13.1 Å². The molecule has 0 radical (unpaired) electrons. The molecule has 0 spiro atoms. The van der Waals surface area contributed by atoms with E-state index >= 15 is 0 Å². The maximum atomic E-state index is 12.7. The van der Waals surface area contributed by atoms with Crippen molar-refractivity contribution in [3.8, 4) is 0 Å². The minimum Gasteiger partial charge on any atom is -0.480 e. The van der Waals surface area contributed by atoms with E-state index in [1.54, 1.807) is 0 Å². The normalized spacial score (nSPS) is 20.5. The third kappa shape index (κ3) is 3.58. The largest absolute Gasteiger partial charge is 0.480 e. The zero-order valence-corrected chi connectivity index (χ0v) is 17.4. The molecular weight excluding hydrogens is 378 g/mol. The number of likely N-dealkylation sites (tertiary alicyclic amines) is 1. The number of rotatable bonds is 6. The molecule has 1 aromatic carbocycles. The minimum absolute atomic E-state index is 0.243. The van der Waals surface area contributed by atoms with E-state index in [0.717, 1.165) is 23.5 Å². The number of carboxylic acid groups (broad SMARTS) is 1. The van der Waals surface area contributed by atoms with Crippen molar-refractivity contribution in [1.82, 2.24) is 13.4 Å². The van der Waals surface area contributed by atoms with Crippen LogP contribution in [0.25, 0.3) is 0 Å². The van der Waals surface area contributed by atoms with E-state index in [4.69, 9.17) is 0 Å². The Morgan fingerprint density at radius 3 is 2.46 bits per heavy atom. The number of carbonyl (C=O) groups is 1. The number of aliphatic carboxylic acids is 1. The van der Waals surface area contributed by atoms with Gasteiger partial charge < -0.3 is 5.11 Å². The fourth-order valence-corrected chi connectivity index (χ4v) is 5.02. The number of aromatic nitrogens is 2. The fraction of sp³-hybridized carbons (Fsp3) is 0.550. The van der Waals surface area contributed by atoms with Gasteiger partial charge in [0.25, 0.3) is 0 Å². The van der Waals surface area contributed by atoms with E-state index in [2.05, 4.69) is 0 Å². The van der Waals surface area contributed by atoms with E-state index in [-0.39, 0.29) is 17.1 Å². The van der Waals surface area contributed by atoms with Crippen LogP contribution in [0.4, 0.5) is 0 Å². The average molecular weight is 406 g/mol. The molecule has 1 atom stereocenters. The molecule has 2 aromatic rings. The Labute approximate surface area is 168 Å². The van der Waals surface area contributed by atoms with Crippen LogP contribution in [-0.4, -0.2) is 43.1 Å². The van der Waals surface area contributed by atoms with Crippen molar-refractivity contribution in [2.24, 2.45) is 5.41 Å². The lowest BCUT2D eigenvalue weighted by Gasteiger charge is -2.44. The van der Waals surface area contributed by atoms with Crippen LogP contribution < -0.4 is 10.6 Å². The molecule has 0 aliphatic carbocycles. The van der Waals surface area contributed by atoms with Crippen molar-refractivity contribution >= 4 is 17.5 Å². The summed E-state index contributed by atoms with van der Waals surface area (Å²) in [5.74, 6) is -0.820. The van der Waals surface area contributed by atoms with Crippen molar-refractivity contribution in [1.29, 1.82) is 0 Å². The van der Waals surface area contributed by atoms with Crippen LogP contribution in [0.2, 0.25) is 0 Å². The molecule has 1 aromatic heterocycles. The zero-order chi connectivity index (χ0) is 20.5. The maximum absolute atomic E-state index is 12.7. The third-order valence-electron chi connectivity index (χ3n) is 5.71. The van der Waals surface area contributed by atoms with E-state index in [0.29, 0.717) is 26.1 Å². The van der Waals surface area contributed by atoms with E-state index in [1.165, 1.54) is 8.52 Å². The molecule has 7 nitrogen and oxygen atoms in total. The second-order valence-electron chi connectivity index (χ2n) is 8.32. The highest BCUT2D eigenvalue weighted by atomic mass is 32.1. The van der Waals surface area contributed by atoms with E-state index in [1.807, 2.05) is 56.0 Å². The van der Waals surface area contributed by atoms with Gasteiger partial charge in [0, 0.05) is 18.1 Å². The number of hydrogen-bond donors (Lipinski definition) is 1. The molecule has 1 saturated heterocycles. The SMILES string of the molecule is CC(C)(C)[C@@]1(C(=O)O)CCCN1CCn1sc(=O)n(Cc2ccccc2)c1=O. The molecule has 1 aliphatic heterocycles. The molecule has 28 heavy (non-hydrogen) atoms. The van der Waals surface area contributed by atoms with Crippen LogP contribution in [0.3, 0.4) is 0 Å². The fourth-order valence-electron chi connectivity index (χ4n) is 4.24. The summed E-state index contributed by atoms with van der Waals surface area (Å²) in [6.07, 6.45) is 1.40. The van der Waals surface area contributed by atoms with Gasteiger partial charge in [-0.3, -0.25) is 14.5 Å². The summed E-state index contributed by atoms with van der Waals surface area (Å²) in [4.78, 5) is 38.8. The first-order valence-electron chi connectivity index (χ1n) is 9.50. The molecule has 0 unspecified atom stereocenters. The summed E-state index contributed by atoms with van der Waals surface area (Å²) in [7, 11) is 0. The molecule has 0 amide bonds. The summed E-state index contributed by atoms with van der Waals surface area (Å²) in [5, 5.41) is 9.97. The minimum atomic E-state index is -0.950. The Hall–Kier alpha value is -2.19. The van der Waals surface area contributed by atoms with E-state index in [9.17, 15) is 19.5 Å². The highest BCUT2D eigenvalue weighted by Gasteiger charge is 2.55. The predicted octanol–water partition coefficient (Wildman–Crippen LogP) is 2.09. The van der Waals surface area contributed by atoms with Crippen LogP contribution in [-0.2, 0) is 17.9 Å². The van der Waals surface area contributed by atoms with Crippen molar-refractivity contribution in [3.63, 3.8) is 0 Å². The molecule has 1 N–H and O–H groups in total. The second kappa shape index (κ2) is 7.67. The summed E-state index contributed by atoms with van der Waals surface area (Å²) < 4.78 is 2.68. The van der Waals surface area contributed by atoms with E-state index < -0.39 is 16.9 Å². The van der Waals surface area contributed by atoms with Crippen LogP contribution in [0.1, 0.15) is 39.2 Å². The van der Waals surface area contributed by atoms with Gasteiger partial charge in [-0.05, 0) is 30.4 Å². The van der Waals surface area contributed by atoms with Gasteiger partial charge in [0.1, 0.15) is 5.54 Å². The predicted molar refractivity (Wildman–Crippen MR) is 109 cm³/mol. The monoisotopic (exact) mass is 405 g/mol. The molecule has 8 heteroatoms. The lowest BCUT2D eigenvalue weighted by Crippen LogP contribution is -2.59. The Bertz CT molecular complexity index is 954. The molecular formula is C20H27N3O4S. The van der Waals surface area contributed by atoms with Gasteiger partial charge in [0.15, 0.2) is 0 Å². The van der Waals surface area contributed by atoms with Gasteiger partial charge in [-0.15, -0.1) is 0 Å². The molecule has 1 fully saturated rings. The molecule has 152 valence electrons. The van der Waals surface area contributed by atoms with Crippen molar-refractivity contribution in [3.05, 3.63) is 56.0 Å². The number of nitrogens with zero attached hydrogens (tertiary/aromatic N) is 3. The zero-order valence-electron chi connectivity index (χ0n) is 16.6. The first-order chi connectivity index (χ1) is 13.2. The Kier molecular flexibility index (Phi) is 5.63. The number of hydrogen-bond acceptors (Lipinski definition) is 5. The number of carboxylic acids is 1. The van der Waals surface area contributed by atoms with Gasteiger partial charge in [-0.1, -0.05) is 51.1 Å². The highest BCUT2D eigenvalue weighted by Crippen LogP contribution is 2.43. The quantitative estimate of drug-likeness (QED) is 0.795. The summed E-state index contributed by atoms with van der Waals surface area (Å²) in [6.45, 7) is 7.49. The molecule has 3 rings (SSSR count). The molecule has 2 heterocycles. The van der Waals surface area contributed by atoms with Crippen LogP contribution in [0.15, 0.2) is 39.9 Å². The van der Waals surface area contributed by atoms with Gasteiger partial charge in [-0.25, -0.2) is 13.3 Å². The smallest absolute Gasteiger partial charge is 0.341 e. The Balaban J connectivity index is 1.80. The molecule has 0 saturated carbocycles. The summed E-state index contributed by atoms with van der Waals surface area (Å²) >= 11 is 0.897. The third-order valence-corrected chi connectivity index (χ3v) is 6.65. The maximum Gasteiger partial charge on any atom is 0.341 e. The lowest BCUT2D eigenvalue weighted by molar-refractivity contribution is -0.157. The Morgan fingerprint density at radius 1 is 1.18 bits per heavy atom. The topological polar surface area (TPSA) is 84.5 Å². The average Bonchev–Trinajstić information content (AvgIpc) is 3.18. The first-order valence-corrected chi connectivity index (χ1v) is 10.3. The van der Waals surface area contributed by atoms with Crippen molar-refractivity contribution in [2.75, 3.05) is 13.1 Å². The second-order valence-corrected chi connectivity index (χ2v) is 9.29. The van der Waals surface area contributed by atoms with Crippen LogP contribution >= 0.6 is 11.5 Å². The molecule has 0 bridgehead atoms. The summed E-state index contributed by atoms with van der Waals surface area (Å²) in [6, 6.07) is 9.39. The van der Waals surface area contributed by atoms with Gasteiger partial charge >= 0.3 is 16.5 Å². The lowest BCUT2D eigenvalue weighted by atomic mass is 9.71. The van der Waals surface area contributed by atoms with Crippen LogP contribution in [0.5, 0.6) is 0 Å². The van der Waals surface area contributed by atoms with Crippen LogP contribution in [0, 0.1) is 5.41 Å². The van der Waals surface area contributed by atoms with Crippen molar-refractivity contribution in [2.45, 2.75) is 52.2 Å². The highest BCUT2D eigenvalue weighted by molar-refractivity contribution is 7.03. The first kappa shape index (κ1) is 20.5. The van der Waals surface area contributed by atoms with Crippen molar-refractivity contribution < 1.29 is 9.90 Å². The number of benzene rings is 1.